The zero-order valence-corrected chi connectivity index (χ0v) is 16.1. The number of phenolic OH excluding ortho intramolecular Hbond substituents is 1. The van der Waals surface area contributed by atoms with Crippen LogP contribution >= 0.6 is 0 Å². The molecule has 1 aliphatic carbocycles. The van der Waals surface area contributed by atoms with Crippen LogP contribution in [0.5, 0.6) is 11.5 Å². The molecule has 2 aromatic rings. The molecule has 0 radical (unpaired) electrons. The zero-order chi connectivity index (χ0) is 19.8. The molecule has 1 saturated heterocycles. The predicted molar refractivity (Wildman–Crippen MR) is 104 cm³/mol. The van der Waals surface area contributed by atoms with E-state index in [0.29, 0.717) is 18.7 Å². The Morgan fingerprint density at radius 1 is 1.07 bits per heavy atom. The van der Waals surface area contributed by atoms with E-state index < -0.39 is 0 Å². The molecule has 2 aromatic carbocycles. The van der Waals surface area contributed by atoms with E-state index in [1.165, 1.54) is 6.07 Å². The molecule has 2 unspecified atom stereocenters. The highest BCUT2D eigenvalue weighted by Crippen LogP contribution is 2.38. The summed E-state index contributed by atoms with van der Waals surface area (Å²) >= 11 is 0. The molecule has 0 bridgehead atoms. The maximum Gasteiger partial charge on any atom is 0.260 e. The number of nitrogens with zero attached hydrogens (tertiary/aromatic N) is 2. The van der Waals surface area contributed by atoms with Crippen LogP contribution in [0.15, 0.2) is 42.5 Å². The molecular weight excluding hydrogens is 356 g/mol. The molecule has 146 valence electrons. The van der Waals surface area contributed by atoms with Gasteiger partial charge in [0.2, 0.25) is 0 Å². The molecule has 2 aliphatic rings. The number of rotatable bonds is 4. The number of para-hydroxylation sites is 1. The van der Waals surface area contributed by atoms with E-state index in [-0.39, 0.29) is 36.3 Å². The normalized spacial score (nSPS) is 20.5. The van der Waals surface area contributed by atoms with Crippen LogP contribution in [0.2, 0.25) is 0 Å². The molecular formula is C22H24N2O4. The summed E-state index contributed by atoms with van der Waals surface area (Å²) < 4.78 is 5.75. The number of amides is 2. The lowest BCUT2D eigenvalue weighted by Gasteiger charge is -2.34. The van der Waals surface area contributed by atoms with Crippen molar-refractivity contribution in [3.63, 3.8) is 0 Å². The molecule has 6 heteroatoms. The molecule has 1 saturated carbocycles. The minimum atomic E-state index is -0.177. The lowest BCUT2D eigenvalue weighted by molar-refractivity contribution is -0.135. The molecule has 1 aliphatic heterocycles. The van der Waals surface area contributed by atoms with Gasteiger partial charge in [-0.25, -0.2) is 0 Å². The van der Waals surface area contributed by atoms with Gasteiger partial charge in [0.15, 0.2) is 6.61 Å². The molecule has 4 rings (SSSR count). The predicted octanol–water partition coefficient (Wildman–Crippen LogP) is 2.51. The number of carbonyl (C=O) groups excluding carboxylic acids is 2. The Hall–Kier alpha value is -3.02. The highest BCUT2D eigenvalue weighted by atomic mass is 16.5. The smallest absolute Gasteiger partial charge is 0.260 e. The highest BCUT2D eigenvalue weighted by molar-refractivity contribution is 5.97. The standard InChI is InChI=1S/C22H24N2O4/c1-14-7-8-15(2)20(11-14)28-13-21(26)23-9-10-24(18-12-17(18)23)22(27)16-5-3-4-6-19(16)25/h3-8,11,17-18,25H,9-10,12-13H2,1-2H3. The van der Waals surface area contributed by atoms with Gasteiger partial charge in [-0.1, -0.05) is 24.3 Å². The average Bonchev–Trinajstić information content (AvgIpc) is 3.48. The van der Waals surface area contributed by atoms with Gasteiger partial charge in [-0.15, -0.1) is 0 Å². The Morgan fingerprint density at radius 3 is 2.57 bits per heavy atom. The van der Waals surface area contributed by atoms with Gasteiger partial charge in [0.1, 0.15) is 11.5 Å². The number of aromatic hydroxyl groups is 1. The zero-order valence-electron chi connectivity index (χ0n) is 16.1. The van der Waals surface area contributed by atoms with Crippen molar-refractivity contribution >= 4 is 11.8 Å². The maximum absolute atomic E-state index is 12.8. The molecule has 2 atom stereocenters. The molecule has 1 N–H and O–H groups in total. The molecule has 2 fully saturated rings. The van der Waals surface area contributed by atoms with Crippen LogP contribution in [0.25, 0.3) is 0 Å². The molecule has 6 nitrogen and oxygen atoms in total. The average molecular weight is 380 g/mol. The number of phenols is 1. The topological polar surface area (TPSA) is 70.1 Å². The summed E-state index contributed by atoms with van der Waals surface area (Å²) in [7, 11) is 0. The lowest BCUT2D eigenvalue weighted by atomic mass is 10.1. The van der Waals surface area contributed by atoms with Gasteiger partial charge in [0, 0.05) is 13.1 Å². The van der Waals surface area contributed by atoms with Crippen molar-refractivity contribution in [2.45, 2.75) is 32.4 Å². The summed E-state index contributed by atoms with van der Waals surface area (Å²) in [4.78, 5) is 29.0. The van der Waals surface area contributed by atoms with E-state index in [2.05, 4.69) is 0 Å². The van der Waals surface area contributed by atoms with Crippen LogP contribution in [0, 0.1) is 13.8 Å². The summed E-state index contributed by atoms with van der Waals surface area (Å²) in [6.07, 6.45) is 0.772. The van der Waals surface area contributed by atoms with Crippen molar-refractivity contribution in [2.24, 2.45) is 0 Å². The number of piperazine rings is 1. The minimum Gasteiger partial charge on any atom is -0.507 e. The second-order valence-electron chi connectivity index (χ2n) is 7.53. The van der Waals surface area contributed by atoms with Crippen LogP contribution < -0.4 is 4.74 Å². The third-order valence-electron chi connectivity index (χ3n) is 5.52. The fourth-order valence-corrected chi connectivity index (χ4v) is 3.84. The largest absolute Gasteiger partial charge is 0.507 e. The number of aryl methyl sites for hydroxylation is 2. The minimum absolute atomic E-state index is 0.000926. The molecule has 0 spiro atoms. The third-order valence-corrected chi connectivity index (χ3v) is 5.52. The first-order valence-corrected chi connectivity index (χ1v) is 9.54. The monoisotopic (exact) mass is 380 g/mol. The van der Waals surface area contributed by atoms with E-state index in [4.69, 9.17) is 4.74 Å². The highest BCUT2D eigenvalue weighted by Gasteiger charge is 2.52. The SMILES string of the molecule is Cc1ccc(C)c(OCC(=O)N2CCN(C(=O)c3ccccc3O)C3CC32)c1. The number of carbonyl (C=O) groups is 2. The Kier molecular flexibility index (Phi) is 4.71. The van der Waals surface area contributed by atoms with Gasteiger partial charge in [-0.3, -0.25) is 9.59 Å². The van der Waals surface area contributed by atoms with E-state index in [1.807, 2.05) is 36.9 Å². The summed E-state index contributed by atoms with van der Waals surface area (Å²) in [6, 6.07) is 12.6. The first-order chi connectivity index (χ1) is 13.5. The number of benzene rings is 2. The van der Waals surface area contributed by atoms with Crippen molar-refractivity contribution < 1.29 is 19.4 Å². The Balaban J connectivity index is 1.37. The van der Waals surface area contributed by atoms with Crippen molar-refractivity contribution in [2.75, 3.05) is 19.7 Å². The van der Waals surface area contributed by atoms with Gasteiger partial charge in [0.25, 0.3) is 11.8 Å². The second kappa shape index (κ2) is 7.19. The van der Waals surface area contributed by atoms with Crippen LogP contribution in [-0.2, 0) is 4.79 Å². The number of ether oxygens (including phenoxy) is 1. The van der Waals surface area contributed by atoms with Crippen LogP contribution in [0.4, 0.5) is 0 Å². The number of hydrogen-bond donors (Lipinski definition) is 1. The van der Waals surface area contributed by atoms with Crippen LogP contribution in [-0.4, -0.2) is 58.5 Å². The van der Waals surface area contributed by atoms with Gasteiger partial charge in [-0.2, -0.15) is 0 Å². The van der Waals surface area contributed by atoms with Gasteiger partial charge >= 0.3 is 0 Å². The Morgan fingerprint density at radius 2 is 1.79 bits per heavy atom. The summed E-state index contributed by atoms with van der Waals surface area (Å²) in [6.45, 7) is 4.89. The van der Waals surface area contributed by atoms with Crippen LogP contribution in [0.3, 0.4) is 0 Å². The van der Waals surface area contributed by atoms with E-state index >= 15 is 0 Å². The van der Waals surface area contributed by atoms with Gasteiger partial charge in [0.05, 0.1) is 17.6 Å². The summed E-state index contributed by atoms with van der Waals surface area (Å²) in [5.74, 6) is 0.492. The molecule has 0 aromatic heterocycles. The maximum atomic E-state index is 12.8. The Bertz CT molecular complexity index is 927. The van der Waals surface area contributed by atoms with E-state index in [0.717, 1.165) is 23.3 Å². The van der Waals surface area contributed by atoms with Gasteiger partial charge < -0.3 is 19.6 Å². The molecule has 1 heterocycles. The summed E-state index contributed by atoms with van der Waals surface area (Å²) in [5.41, 5.74) is 2.40. The van der Waals surface area contributed by atoms with E-state index in [9.17, 15) is 14.7 Å². The molecule has 28 heavy (non-hydrogen) atoms. The van der Waals surface area contributed by atoms with Crippen molar-refractivity contribution in [3.8, 4) is 11.5 Å². The fourth-order valence-electron chi connectivity index (χ4n) is 3.84. The van der Waals surface area contributed by atoms with Crippen LogP contribution in [0.1, 0.15) is 27.9 Å². The summed E-state index contributed by atoms with van der Waals surface area (Å²) in [5, 5.41) is 9.94. The molecule has 2 amide bonds. The number of hydrogen-bond acceptors (Lipinski definition) is 4. The fraction of sp³-hybridized carbons (Fsp3) is 0.364. The van der Waals surface area contributed by atoms with Crippen molar-refractivity contribution in [1.29, 1.82) is 0 Å². The lowest BCUT2D eigenvalue weighted by Crippen LogP contribution is -2.51. The first-order valence-electron chi connectivity index (χ1n) is 9.54. The third kappa shape index (κ3) is 3.42. The first kappa shape index (κ1) is 18.3. The van der Waals surface area contributed by atoms with Gasteiger partial charge in [-0.05, 0) is 49.6 Å². The van der Waals surface area contributed by atoms with Crippen molar-refractivity contribution in [3.05, 3.63) is 59.2 Å². The van der Waals surface area contributed by atoms with E-state index in [1.54, 1.807) is 23.1 Å². The Labute approximate surface area is 164 Å². The van der Waals surface area contributed by atoms with Crippen molar-refractivity contribution in [1.82, 2.24) is 9.80 Å². The second-order valence-corrected chi connectivity index (χ2v) is 7.53. The quantitative estimate of drug-likeness (QED) is 0.885. The number of fused-ring (bicyclic) bond motifs is 1.